The van der Waals surface area contributed by atoms with E-state index in [1.165, 1.54) is 7.11 Å². The fourth-order valence-electron chi connectivity index (χ4n) is 2.69. The van der Waals surface area contributed by atoms with Crippen LogP contribution in [0, 0.1) is 0 Å². The maximum atomic E-state index is 12.3. The molecule has 27 heavy (non-hydrogen) atoms. The van der Waals surface area contributed by atoms with Crippen LogP contribution in [0.2, 0.25) is 0 Å². The van der Waals surface area contributed by atoms with E-state index in [9.17, 15) is 9.90 Å². The van der Waals surface area contributed by atoms with Crippen LogP contribution in [-0.2, 0) is 0 Å². The zero-order valence-corrected chi connectivity index (χ0v) is 15.4. The van der Waals surface area contributed by atoms with Gasteiger partial charge in [0, 0.05) is 23.0 Å². The molecule has 3 N–H and O–H groups in total. The monoisotopic (exact) mass is 370 g/mol. The number of benzene rings is 2. The number of nitrogens with one attached hydrogen (secondary N) is 2. The van der Waals surface area contributed by atoms with Crippen LogP contribution in [0.4, 0.5) is 16.2 Å². The highest BCUT2D eigenvalue weighted by atomic mass is 16.5. The number of urea groups is 1. The number of hydrogen-bond acceptors (Lipinski definition) is 5. The van der Waals surface area contributed by atoms with Gasteiger partial charge in [-0.25, -0.2) is 4.79 Å². The molecule has 2 aromatic rings. The molecule has 1 aliphatic rings. The van der Waals surface area contributed by atoms with E-state index in [0.717, 1.165) is 5.56 Å². The van der Waals surface area contributed by atoms with Crippen molar-refractivity contribution < 1.29 is 24.1 Å². The summed E-state index contributed by atoms with van der Waals surface area (Å²) in [5.74, 6) is 1.76. The SMILES string of the molecule is COc1ccc(NC(=O)Nc2ccc3c(c2)C=CC(C)(CO)O3)cc1OC. The van der Waals surface area contributed by atoms with E-state index in [2.05, 4.69) is 10.6 Å². The molecule has 142 valence electrons. The highest BCUT2D eigenvalue weighted by Gasteiger charge is 2.26. The molecule has 2 amide bonds. The molecule has 3 rings (SSSR count). The molecule has 7 heteroatoms. The van der Waals surface area contributed by atoms with Crippen molar-refractivity contribution in [2.75, 3.05) is 31.5 Å². The fraction of sp³-hybridized carbons (Fsp3) is 0.250. The third-order valence-corrected chi connectivity index (χ3v) is 4.18. The Hall–Kier alpha value is -3.19. The molecule has 0 fully saturated rings. The number of rotatable bonds is 5. The lowest BCUT2D eigenvalue weighted by Gasteiger charge is -2.29. The van der Waals surface area contributed by atoms with E-state index in [-0.39, 0.29) is 12.6 Å². The van der Waals surface area contributed by atoms with E-state index in [1.807, 2.05) is 6.08 Å². The summed E-state index contributed by atoms with van der Waals surface area (Å²) in [6.45, 7) is 1.69. The minimum absolute atomic E-state index is 0.114. The number of fused-ring (bicyclic) bond motifs is 1. The molecule has 1 heterocycles. The molecule has 0 bridgehead atoms. The van der Waals surface area contributed by atoms with E-state index < -0.39 is 5.60 Å². The van der Waals surface area contributed by atoms with Crippen molar-refractivity contribution in [1.82, 2.24) is 0 Å². The molecule has 1 atom stereocenters. The van der Waals surface area contributed by atoms with Gasteiger partial charge in [-0.05, 0) is 43.3 Å². The first-order valence-corrected chi connectivity index (χ1v) is 8.39. The number of methoxy groups -OCH3 is 2. The predicted octanol–water partition coefficient (Wildman–Crippen LogP) is 3.50. The van der Waals surface area contributed by atoms with Crippen molar-refractivity contribution in [3.05, 3.63) is 48.0 Å². The summed E-state index contributed by atoms with van der Waals surface area (Å²) >= 11 is 0. The van der Waals surface area contributed by atoms with Gasteiger partial charge in [0.15, 0.2) is 11.5 Å². The fourth-order valence-corrected chi connectivity index (χ4v) is 2.69. The average Bonchev–Trinajstić information content (AvgIpc) is 2.68. The van der Waals surface area contributed by atoms with Gasteiger partial charge in [0.1, 0.15) is 11.4 Å². The van der Waals surface area contributed by atoms with Crippen molar-refractivity contribution in [3.63, 3.8) is 0 Å². The standard InChI is InChI=1S/C20H22N2O5/c1-20(12-23)9-8-13-10-14(4-6-16(13)27-20)21-19(24)22-15-5-7-17(25-2)18(11-15)26-3/h4-11,23H,12H2,1-3H3,(H2,21,22,24). The largest absolute Gasteiger partial charge is 0.493 e. The van der Waals surface area contributed by atoms with Crippen molar-refractivity contribution >= 4 is 23.5 Å². The predicted molar refractivity (Wildman–Crippen MR) is 104 cm³/mol. The number of anilines is 2. The Kier molecular flexibility index (Phi) is 5.23. The van der Waals surface area contributed by atoms with Crippen LogP contribution in [0.5, 0.6) is 17.2 Å². The lowest BCUT2D eigenvalue weighted by Crippen LogP contribution is -2.35. The van der Waals surface area contributed by atoms with Crippen LogP contribution in [0.3, 0.4) is 0 Å². The molecule has 0 saturated heterocycles. The molecule has 0 radical (unpaired) electrons. The molecular formula is C20H22N2O5. The summed E-state index contributed by atoms with van der Waals surface area (Å²) in [7, 11) is 3.08. The summed E-state index contributed by atoms with van der Waals surface area (Å²) in [5, 5.41) is 14.9. The van der Waals surface area contributed by atoms with Gasteiger partial charge in [0.05, 0.1) is 20.8 Å². The van der Waals surface area contributed by atoms with Gasteiger partial charge >= 0.3 is 6.03 Å². The topological polar surface area (TPSA) is 89.1 Å². The quantitative estimate of drug-likeness (QED) is 0.750. The van der Waals surface area contributed by atoms with Gasteiger partial charge in [0.25, 0.3) is 0 Å². The lowest BCUT2D eigenvalue weighted by molar-refractivity contribution is 0.0641. The van der Waals surface area contributed by atoms with Gasteiger partial charge in [0.2, 0.25) is 0 Å². The zero-order chi connectivity index (χ0) is 19.4. The van der Waals surface area contributed by atoms with Crippen LogP contribution in [0.15, 0.2) is 42.5 Å². The Morgan fingerprint density at radius 2 is 1.74 bits per heavy atom. The molecule has 0 saturated carbocycles. The van der Waals surface area contributed by atoms with Crippen molar-refractivity contribution in [2.45, 2.75) is 12.5 Å². The van der Waals surface area contributed by atoms with Crippen molar-refractivity contribution in [1.29, 1.82) is 0 Å². The molecule has 2 aromatic carbocycles. The third kappa shape index (κ3) is 4.15. The minimum Gasteiger partial charge on any atom is -0.493 e. The number of hydrogen-bond donors (Lipinski definition) is 3. The van der Waals surface area contributed by atoms with Gasteiger partial charge in [-0.1, -0.05) is 6.08 Å². The smallest absolute Gasteiger partial charge is 0.323 e. The Morgan fingerprint density at radius 3 is 2.41 bits per heavy atom. The number of aliphatic hydroxyl groups is 1. The molecule has 0 aromatic heterocycles. The van der Waals surface area contributed by atoms with Gasteiger partial charge < -0.3 is 30.0 Å². The van der Waals surface area contributed by atoms with E-state index >= 15 is 0 Å². The summed E-state index contributed by atoms with van der Waals surface area (Å²) in [6, 6.07) is 10.0. The minimum atomic E-state index is -0.729. The first-order chi connectivity index (χ1) is 13.0. The number of carbonyl (C=O) groups excluding carboxylic acids is 1. The first kappa shape index (κ1) is 18.6. The van der Waals surface area contributed by atoms with E-state index in [0.29, 0.717) is 28.6 Å². The molecule has 1 unspecified atom stereocenters. The Morgan fingerprint density at radius 1 is 1.07 bits per heavy atom. The molecule has 0 spiro atoms. The molecule has 7 nitrogen and oxygen atoms in total. The maximum Gasteiger partial charge on any atom is 0.323 e. The summed E-state index contributed by atoms with van der Waals surface area (Å²) in [4.78, 5) is 12.3. The highest BCUT2D eigenvalue weighted by molar-refractivity contribution is 6.00. The van der Waals surface area contributed by atoms with E-state index in [1.54, 1.807) is 56.5 Å². The summed E-state index contributed by atoms with van der Waals surface area (Å²) < 4.78 is 16.2. The second-order valence-electron chi connectivity index (χ2n) is 6.31. The van der Waals surface area contributed by atoms with Crippen molar-refractivity contribution in [3.8, 4) is 17.2 Å². The average molecular weight is 370 g/mol. The second-order valence-corrected chi connectivity index (χ2v) is 6.31. The molecular weight excluding hydrogens is 348 g/mol. The summed E-state index contributed by atoms with van der Waals surface area (Å²) in [5.41, 5.74) is 1.29. The number of carbonyl (C=O) groups is 1. The zero-order valence-electron chi connectivity index (χ0n) is 15.4. The highest BCUT2D eigenvalue weighted by Crippen LogP contribution is 2.33. The second kappa shape index (κ2) is 7.59. The van der Waals surface area contributed by atoms with Gasteiger partial charge in [-0.3, -0.25) is 0 Å². The van der Waals surface area contributed by atoms with Gasteiger partial charge in [-0.2, -0.15) is 0 Å². The van der Waals surface area contributed by atoms with Gasteiger partial charge in [-0.15, -0.1) is 0 Å². The number of amides is 2. The van der Waals surface area contributed by atoms with Crippen LogP contribution < -0.4 is 24.8 Å². The summed E-state index contributed by atoms with van der Waals surface area (Å²) in [6.07, 6.45) is 3.66. The first-order valence-electron chi connectivity index (χ1n) is 8.39. The Labute approximate surface area is 157 Å². The number of aliphatic hydroxyl groups excluding tert-OH is 1. The van der Waals surface area contributed by atoms with E-state index in [4.69, 9.17) is 14.2 Å². The normalized spacial score (nSPS) is 17.5. The Balaban J connectivity index is 1.69. The molecule has 1 aliphatic heterocycles. The number of ether oxygens (including phenoxy) is 3. The van der Waals surface area contributed by atoms with Crippen LogP contribution in [-0.4, -0.2) is 37.6 Å². The third-order valence-electron chi connectivity index (χ3n) is 4.18. The van der Waals surface area contributed by atoms with Crippen LogP contribution in [0.25, 0.3) is 6.08 Å². The molecule has 0 aliphatic carbocycles. The Bertz CT molecular complexity index is 881. The lowest BCUT2D eigenvalue weighted by atomic mass is 10.0. The van der Waals surface area contributed by atoms with Crippen molar-refractivity contribution in [2.24, 2.45) is 0 Å². The maximum absolute atomic E-state index is 12.3. The van der Waals surface area contributed by atoms with Crippen LogP contribution >= 0.6 is 0 Å². The van der Waals surface area contributed by atoms with Crippen LogP contribution in [0.1, 0.15) is 12.5 Å².